The fourth-order valence-electron chi connectivity index (χ4n) is 2.66. The highest BCUT2D eigenvalue weighted by atomic mass is 35.5. The molecule has 1 N–H and O–H groups in total. The minimum atomic E-state index is -4.85. The van der Waals surface area contributed by atoms with E-state index in [-0.39, 0.29) is 36.1 Å². The summed E-state index contributed by atoms with van der Waals surface area (Å²) in [4.78, 5) is 16.4. The van der Waals surface area contributed by atoms with Crippen molar-refractivity contribution >= 4 is 57.8 Å². The number of carboxylic acids is 1. The third-order valence-corrected chi connectivity index (χ3v) is 6.50. The van der Waals surface area contributed by atoms with E-state index < -0.39 is 24.2 Å². The summed E-state index contributed by atoms with van der Waals surface area (Å²) in [6, 6.07) is 3.53. The molecule has 1 aromatic heterocycles. The topological polar surface area (TPSA) is 58.9 Å². The summed E-state index contributed by atoms with van der Waals surface area (Å²) >= 11 is 18.4. The first-order valence-corrected chi connectivity index (χ1v) is 9.22. The fraction of sp³-hybridized carbons (Fsp3) is 0.250. The molecule has 1 aromatic carbocycles. The van der Waals surface area contributed by atoms with Gasteiger partial charge in [-0.15, -0.1) is 11.3 Å². The van der Waals surface area contributed by atoms with E-state index in [1.807, 2.05) is 0 Å². The van der Waals surface area contributed by atoms with E-state index in [4.69, 9.17) is 44.7 Å². The normalized spacial score (nSPS) is 19.7. The first-order chi connectivity index (χ1) is 12.5. The van der Waals surface area contributed by atoms with Crippen LogP contribution in [0.1, 0.15) is 32.1 Å². The van der Waals surface area contributed by atoms with Crippen molar-refractivity contribution < 1.29 is 27.9 Å². The molecule has 1 atom stereocenters. The highest BCUT2D eigenvalue weighted by molar-refractivity contribution is 7.16. The average molecular weight is 459 g/mol. The molecule has 0 radical (unpaired) electrons. The molecule has 3 rings (SSSR count). The summed E-state index contributed by atoms with van der Waals surface area (Å²) < 4.78 is 41.9. The van der Waals surface area contributed by atoms with Crippen LogP contribution in [0.5, 0.6) is 0 Å². The quantitative estimate of drug-likeness (QED) is 0.549. The van der Waals surface area contributed by atoms with Crippen LogP contribution in [0.15, 0.2) is 23.4 Å². The van der Waals surface area contributed by atoms with Crippen LogP contribution in [0.25, 0.3) is 0 Å². The Morgan fingerprint density at radius 2 is 1.85 bits per heavy atom. The monoisotopic (exact) mass is 457 g/mol. The Bertz CT molecular complexity index is 951. The smallest absolute Gasteiger partial charge is 0.435 e. The standard InChI is InChI=1S/C16H9Cl3F3NO3S/c1-6-2-11(27-13(6)14(24)25)10-5-15(26-23-10,16(20,21)22)7-3-8(17)12(19)9(18)4-7/h2-4H,5H2,1H3,(H,24,25)/t15-/m1/s1. The molecule has 4 nitrogen and oxygen atoms in total. The van der Waals surface area contributed by atoms with Crippen molar-refractivity contribution in [2.75, 3.05) is 0 Å². The summed E-state index contributed by atoms with van der Waals surface area (Å²) in [7, 11) is 0. The van der Waals surface area contributed by atoms with E-state index >= 15 is 0 Å². The molecule has 11 heteroatoms. The van der Waals surface area contributed by atoms with Crippen LogP contribution in [0.3, 0.4) is 0 Å². The molecule has 0 spiro atoms. The van der Waals surface area contributed by atoms with E-state index in [9.17, 15) is 18.0 Å². The van der Waals surface area contributed by atoms with Gasteiger partial charge < -0.3 is 9.94 Å². The summed E-state index contributed by atoms with van der Waals surface area (Å²) in [5.41, 5.74) is -2.75. The zero-order valence-electron chi connectivity index (χ0n) is 13.3. The third-order valence-electron chi connectivity index (χ3n) is 4.03. The number of carbonyl (C=O) groups is 1. The molecular formula is C16H9Cl3F3NO3S. The van der Waals surface area contributed by atoms with Gasteiger partial charge in [-0.05, 0) is 30.7 Å². The van der Waals surface area contributed by atoms with Crippen molar-refractivity contribution in [3.05, 3.63) is 54.1 Å². The minimum absolute atomic E-state index is 0.0184. The van der Waals surface area contributed by atoms with Gasteiger partial charge in [0.25, 0.3) is 5.60 Å². The lowest BCUT2D eigenvalue weighted by Crippen LogP contribution is -2.42. The first-order valence-electron chi connectivity index (χ1n) is 7.27. The summed E-state index contributed by atoms with van der Waals surface area (Å²) in [5.74, 6) is -1.17. The van der Waals surface area contributed by atoms with Crippen LogP contribution in [-0.4, -0.2) is 23.0 Å². The van der Waals surface area contributed by atoms with Gasteiger partial charge in [0.05, 0.1) is 26.4 Å². The maximum Gasteiger partial charge on any atom is 0.435 e. The lowest BCUT2D eigenvalue weighted by molar-refractivity contribution is -0.275. The van der Waals surface area contributed by atoms with Crippen LogP contribution in [0.2, 0.25) is 15.1 Å². The summed E-state index contributed by atoms with van der Waals surface area (Å²) in [5, 5.41) is 12.4. The van der Waals surface area contributed by atoms with Gasteiger partial charge in [0, 0.05) is 5.56 Å². The number of thiophene rings is 1. The zero-order chi connectivity index (χ0) is 20.1. The second-order valence-corrected chi connectivity index (χ2v) is 8.06. The van der Waals surface area contributed by atoms with Gasteiger partial charge in [-0.3, -0.25) is 0 Å². The molecule has 2 aromatic rings. The molecule has 1 aliphatic heterocycles. The van der Waals surface area contributed by atoms with Crippen molar-refractivity contribution in [3.63, 3.8) is 0 Å². The molecule has 0 aliphatic carbocycles. The van der Waals surface area contributed by atoms with Gasteiger partial charge in [-0.2, -0.15) is 13.2 Å². The van der Waals surface area contributed by atoms with E-state index in [1.54, 1.807) is 6.92 Å². The van der Waals surface area contributed by atoms with Gasteiger partial charge in [0.2, 0.25) is 0 Å². The minimum Gasteiger partial charge on any atom is -0.477 e. The molecule has 0 saturated heterocycles. The van der Waals surface area contributed by atoms with Gasteiger partial charge >= 0.3 is 12.1 Å². The number of benzene rings is 1. The number of alkyl halides is 3. The Labute approximate surface area is 170 Å². The lowest BCUT2D eigenvalue weighted by Gasteiger charge is -2.29. The second kappa shape index (κ2) is 6.84. The fourth-order valence-corrected chi connectivity index (χ4v) is 4.25. The van der Waals surface area contributed by atoms with Gasteiger partial charge in [-0.25, -0.2) is 4.79 Å². The lowest BCUT2D eigenvalue weighted by atomic mass is 9.88. The molecule has 0 amide bonds. The SMILES string of the molecule is Cc1cc(C2=NO[C@](c3cc(Cl)c(Cl)c(Cl)c3)(C(F)(F)F)C2)sc1C(=O)O. The van der Waals surface area contributed by atoms with Crippen LogP contribution in [0, 0.1) is 6.92 Å². The molecule has 0 bridgehead atoms. The summed E-state index contributed by atoms with van der Waals surface area (Å²) in [6.45, 7) is 1.55. The van der Waals surface area contributed by atoms with Crippen LogP contribution in [-0.2, 0) is 10.4 Å². The summed E-state index contributed by atoms with van der Waals surface area (Å²) in [6.07, 6.45) is -5.51. The zero-order valence-corrected chi connectivity index (χ0v) is 16.4. The maximum atomic E-state index is 14.0. The van der Waals surface area contributed by atoms with Gasteiger partial charge in [0.15, 0.2) is 0 Å². The Morgan fingerprint density at radius 1 is 1.26 bits per heavy atom. The Balaban J connectivity index is 2.06. The highest BCUT2D eigenvalue weighted by Gasteiger charge is 2.62. The van der Waals surface area contributed by atoms with Crippen molar-refractivity contribution in [2.24, 2.45) is 5.16 Å². The van der Waals surface area contributed by atoms with E-state index in [2.05, 4.69) is 5.16 Å². The van der Waals surface area contributed by atoms with Crippen LogP contribution < -0.4 is 0 Å². The number of hydrogen-bond donors (Lipinski definition) is 1. The average Bonchev–Trinajstić information content (AvgIpc) is 3.16. The predicted octanol–water partition coefficient (Wildman–Crippen LogP) is 6.30. The predicted molar refractivity (Wildman–Crippen MR) is 97.5 cm³/mol. The molecule has 144 valence electrons. The second-order valence-electron chi connectivity index (χ2n) is 5.81. The molecule has 0 fully saturated rings. The molecule has 1 aliphatic rings. The van der Waals surface area contributed by atoms with Crippen LogP contribution in [0.4, 0.5) is 13.2 Å². The first kappa shape index (κ1) is 20.3. The number of hydrogen-bond acceptors (Lipinski definition) is 4. The van der Waals surface area contributed by atoms with E-state index in [1.165, 1.54) is 6.07 Å². The molecule has 0 unspecified atom stereocenters. The number of carboxylic acid groups (broad SMARTS) is 1. The third kappa shape index (κ3) is 3.40. The van der Waals surface area contributed by atoms with Gasteiger partial charge in [-0.1, -0.05) is 40.0 Å². The van der Waals surface area contributed by atoms with Crippen molar-refractivity contribution in [2.45, 2.75) is 25.1 Å². The largest absolute Gasteiger partial charge is 0.477 e. The Hall–Kier alpha value is -1.48. The van der Waals surface area contributed by atoms with Crippen molar-refractivity contribution in [1.82, 2.24) is 0 Å². The van der Waals surface area contributed by atoms with E-state index in [0.717, 1.165) is 23.5 Å². The highest BCUT2D eigenvalue weighted by Crippen LogP contribution is 2.51. The number of aryl methyl sites for hydroxylation is 1. The number of aromatic carboxylic acids is 1. The van der Waals surface area contributed by atoms with Crippen molar-refractivity contribution in [1.29, 1.82) is 0 Å². The maximum absolute atomic E-state index is 14.0. The molecule has 0 saturated carbocycles. The molecule has 27 heavy (non-hydrogen) atoms. The number of oxime groups is 1. The number of nitrogens with zero attached hydrogens (tertiary/aromatic N) is 1. The van der Waals surface area contributed by atoms with Crippen molar-refractivity contribution in [3.8, 4) is 0 Å². The van der Waals surface area contributed by atoms with Gasteiger partial charge in [0.1, 0.15) is 10.6 Å². The Morgan fingerprint density at radius 3 is 2.33 bits per heavy atom. The number of rotatable bonds is 3. The molecule has 2 heterocycles. The molecular weight excluding hydrogens is 450 g/mol. The van der Waals surface area contributed by atoms with Crippen LogP contribution >= 0.6 is 46.1 Å². The Kier molecular flexibility index (Phi) is 5.14. The number of halogens is 6. The van der Waals surface area contributed by atoms with E-state index in [0.29, 0.717) is 5.56 Å².